The highest BCUT2D eigenvalue weighted by atomic mass is 32.1. The Morgan fingerprint density at radius 1 is 1.24 bits per heavy atom. The van der Waals surface area contributed by atoms with Crippen molar-refractivity contribution in [2.24, 2.45) is 0 Å². The van der Waals surface area contributed by atoms with Crippen LogP contribution in [0.5, 0.6) is 11.5 Å². The van der Waals surface area contributed by atoms with E-state index < -0.39 is 0 Å². The lowest BCUT2D eigenvalue weighted by Crippen LogP contribution is -2.20. The van der Waals surface area contributed by atoms with Gasteiger partial charge in [0.2, 0.25) is 5.13 Å². The lowest BCUT2D eigenvalue weighted by Gasteiger charge is -2.06. The molecule has 0 saturated carbocycles. The normalized spacial score (nSPS) is 10.2. The molecular weight excluding hydrogens is 290 g/mol. The van der Waals surface area contributed by atoms with Gasteiger partial charge in [0.05, 0.1) is 7.11 Å². The number of carbonyl (C=O) groups is 1. The summed E-state index contributed by atoms with van der Waals surface area (Å²) < 4.78 is 10.4. The minimum absolute atomic E-state index is 0.0744. The number of anilines is 1. The largest absolute Gasteiger partial charge is 0.497 e. The molecule has 0 fully saturated rings. The molecule has 1 amide bonds. The molecular formula is C14H17N3O3S. The average molecular weight is 307 g/mol. The van der Waals surface area contributed by atoms with Crippen molar-refractivity contribution in [2.75, 3.05) is 19.0 Å². The van der Waals surface area contributed by atoms with Gasteiger partial charge in [0.1, 0.15) is 16.5 Å². The summed E-state index contributed by atoms with van der Waals surface area (Å²) >= 11 is 1.39. The van der Waals surface area contributed by atoms with E-state index in [1.54, 1.807) is 31.4 Å². The fraction of sp³-hybridized carbons (Fsp3) is 0.357. The number of nitrogens with zero attached hydrogens (tertiary/aromatic N) is 2. The van der Waals surface area contributed by atoms with Crippen molar-refractivity contribution >= 4 is 22.4 Å². The van der Waals surface area contributed by atoms with Gasteiger partial charge in [-0.15, -0.1) is 10.2 Å². The first-order valence-electron chi connectivity index (χ1n) is 6.60. The third-order valence-corrected chi connectivity index (χ3v) is 3.50. The summed E-state index contributed by atoms with van der Waals surface area (Å²) in [4.78, 5) is 11.8. The van der Waals surface area contributed by atoms with Crippen molar-refractivity contribution in [1.82, 2.24) is 10.2 Å². The van der Waals surface area contributed by atoms with Crippen LogP contribution in [0.1, 0.15) is 18.4 Å². The first-order chi connectivity index (χ1) is 10.2. The van der Waals surface area contributed by atoms with Crippen molar-refractivity contribution in [3.8, 4) is 11.5 Å². The lowest BCUT2D eigenvalue weighted by atomic mass is 10.3. The molecule has 1 aromatic heterocycles. The van der Waals surface area contributed by atoms with Crippen LogP contribution in [0.4, 0.5) is 5.13 Å². The molecule has 21 heavy (non-hydrogen) atoms. The molecule has 1 heterocycles. The zero-order valence-electron chi connectivity index (χ0n) is 12.0. The highest BCUT2D eigenvalue weighted by molar-refractivity contribution is 7.15. The van der Waals surface area contributed by atoms with E-state index in [0.29, 0.717) is 10.9 Å². The summed E-state index contributed by atoms with van der Waals surface area (Å²) in [6.45, 7) is 2.00. The molecule has 0 radical (unpaired) electrons. The number of methoxy groups -OCH3 is 1. The van der Waals surface area contributed by atoms with E-state index in [0.717, 1.165) is 23.6 Å². The molecule has 112 valence electrons. The van der Waals surface area contributed by atoms with Crippen LogP contribution in [0.15, 0.2) is 24.3 Å². The second kappa shape index (κ2) is 7.58. The molecule has 0 saturated heterocycles. The molecule has 0 aliphatic carbocycles. The molecule has 7 heteroatoms. The van der Waals surface area contributed by atoms with Gasteiger partial charge in [-0.25, -0.2) is 0 Å². The first-order valence-corrected chi connectivity index (χ1v) is 7.42. The maximum absolute atomic E-state index is 11.8. The van der Waals surface area contributed by atoms with Crippen LogP contribution >= 0.6 is 11.3 Å². The summed E-state index contributed by atoms with van der Waals surface area (Å²) in [5.74, 6) is 1.09. The third kappa shape index (κ3) is 4.71. The molecule has 2 aromatic rings. The van der Waals surface area contributed by atoms with Gasteiger partial charge in [-0.3, -0.25) is 10.1 Å². The van der Waals surface area contributed by atoms with Crippen LogP contribution in [-0.4, -0.2) is 29.8 Å². The van der Waals surface area contributed by atoms with E-state index in [1.807, 2.05) is 0 Å². The SMILES string of the molecule is CCCc1nnc(NC(=O)COc2ccc(OC)cc2)s1. The number of aromatic nitrogens is 2. The van der Waals surface area contributed by atoms with Crippen LogP contribution in [0, 0.1) is 0 Å². The highest BCUT2D eigenvalue weighted by Gasteiger charge is 2.08. The van der Waals surface area contributed by atoms with Gasteiger partial charge in [0.15, 0.2) is 6.61 Å². The molecule has 0 aliphatic heterocycles. The molecule has 0 bridgehead atoms. The Morgan fingerprint density at radius 2 is 1.95 bits per heavy atom. The summed E-state index contributed by atoms with van der Waals surface area (Å²) in [7, 11) is 1.60. The van der Waals surface area contributed by atoms with Crippen molar-refractivity contribution in [3.63, 3.8) is 0 Å². The standard InChI is InChI=1S/C14H17N3O3S/c1-3-4-13-16-17-14(21-13)15-12(18)9-20-11-7-5-10(19-2)6-8-11/h5-8H,3-4,9H2,1-2H3,(H,15,17,18). The van der Waals surface area contributed by atoms with E-state index in [2.05, 4.69) is 22.4 Å². The molecule has 1 aromatic carbocycles. The molecule has 6 nitrogen and oxygen atoms in total. The first kappa shape index (κ1) is 15.2. The Bertz CT molecular complexity index is 583. The van der Waals surface area contributed by atoms with Gasteiger partial charge >= 0.3 is 0 Å². The van der Waals surface area contributed by atoms with E-state index in [4.69, 9.17) is 9.47 Å². The van der Waals surface area contributed by atoms with Crippen LogP contribution in [0.25, 0.3) is 0 Å². The predicted molar refractivity (Wildman–Crippen MR) is 81.0 cm³/mol. The fourth-order valence-electron chi connectivity index (χ4n) is 1.60. The van der Waals surface area contributed by atoms with E-state index >= 15 is 0 Å². The van der Waals surface area contributed by atoms with Crippen molar-refractivity contribution in [3.05, 3.63) is 29.3 Å². The summed E-state index contributed by atoms with van der Waals surface area (Å²) in [5.41, 5.74) is 0. The Hall–Kier alpha value is -2.15. The van der Waals surface area contributed by atoms with Gasteiger partial charge in [-0.05, 0) is 30.7 Å². The zero-order valence-corrected chi connectivity index (χ0v) is 12.8. The Labute approximate surface area is 127 Å². The monoisotopic (exact) mass is 307 g/mol. The predicted octanol–water partition coefficient (Wildman–Crippen LogP) is 2.52. The zero-order chi connectivity index (χ0) is 15.1. The summed E-state index contributed by atoms with van der Waals surface area (Å²) in [6.07, 6.45) is 1.87. The number of aryl methyl sites for hydroxylation is 1. The van der Waals surface area contributed by atoms with Gasteiger partial charge < -0.3 is 9.47 Å². The molecule has 0 aliphatic rings. The van der Waals surface area contributed by atoms with Crippen molar-refractivity contribution < 1.29 is 14.3 Å². The van der Waals surface area contributed by atoms with Gasteiger partial charge in [0.25, 0.3) is 5.91 Å². The Balaban J connectivity index is 1.80. The topological polar surface area (TPSA) is 73.3 Å². The van der Waals surface area contributed by atoms with Gasteiger partial charge in [-0.1, -0.05) is 18.3 Å². The second-order valence-corrected chi connectivity index (χ2v) is 5.33. The maximum Gasteiger partial charge on any atom is 0.264 e. The van der Waals surface area contributed by atoms with Crippen molar-refractivity contribution in [1.29, 1.82) is 0 Å². The number of hydrogen-bond acceptors (Lipinski definition) is 6. The highest BCUT2D eigenvalue weighted by Crippen LogP contribution is 2.18. The van der Waals surface area contributed by atoms with Gasteiger partial charge in [-0.2, -0.15) is 0 Å². The lowest BCUT2D eigenvalue weighted by molar-refractivity contribution is -0.118. The molecule has 0 atom stereocenters. The minimum Gasteiger partial charge on any atom is -0.497 e. The van der Waals surface area contributed by atoms with Crippen molar-refractivity contribution in [2.45, 2.75) is 19.8 Å². The van der Waals surface area contributed by atoms with E-state index in [1.165, 1.54) is 11.3 Å². The van der Waals surface area contributed by atoms with Crippen LogP contribution in [-0.2, 0) is 11.2 Å². The Kier molecular flexibility index (Phi) is 5.51. The molecule has 2 rings (SSSR count). The Morgan fingerprint density at radius 3 is 2.62 bits per heavy atom. The number of nitrogens with one attached hydrogen (secondary N) is 1. The number of hydrogen-bond donors (Lipinski definition) is 1. The molecule has 1 N–H and O–H groups in total. The molecule has 0 unspecified atom stereocenters. The number of ether oxygens (including phenoxy) is 2. The van der Waals surface area contributed by atoms with Crippen LogP contribution in [0.2, 0.25) is 0 Å². The number of rotatable bonds is 7. The fourth-order valence-corrected chi connectivity index (χ4v) is 2.45. The second-order valence-electron chi connectivity index (χ2n) is 4.26. The third-order valence-electron chi connectivity index (χ3n) is 2.61. The average Bonchev–Trinajstić information content (AvgIpc) is 2.93. The molecule has 0 spiro atoms. The van der Waals surface area contributed by atoms with Crippen LogP contribution < -0.4 is 14.8 Å². The summed E-state index contributed by atoms with van der Waals surface area (Å²) in [5, 5.41) is 12.0. The maximum atomic E-state index is 11.8. The van der Waals surface area contributed by atoms with E-state index in [-0.39, 0.29) is 12.5 Å². The van der Waals surface area contributed by atoms with E-state index in [9.17, 15) is 4.79 Å². The van der Waals surface area contributed by atoms with Crippen LogP contribution in [0.3, 0.4) is 0 Å². The smallest absolute Gasteiger partial charge is 0.264 e. The summed E-state index contributed by atoms with van der Waals surface area (Å²) in [6, 6.07) is 7.04. The number of carbonyl (C=O) groups excluding carboxylic acids is 1. The van der Waals surface area contributed by atoms with Gasteiger partial charge in [0, 0.05) is 6.42 Å². The number of amides is 1. The quantitative estimate of drug-likeness (QED) is 0.851. The number of benzene rings is 1. The minimum atomic E-state index is -0.259.